The van der Waals surface area contributed by atoms with Crippen LogP contribution in [-0.4, -0.2) is 51.2 Å². The number of rotatable bonds is 0. The molecule has 4 heteroatoms. The largest absolute Gasteiger partial charge is 0.393 e. The first kappa shape index (κ1) is 13.0. The summed E-state index contributed by atoms with van der Waals surface area (Å²) in [4.78, 5) is 14.9. The lowest BCUT2D eigenvalue weighted by Gasteiger charge is -2.67. The molecule has 3 fully saturated rings. The van der Waals surface area contributed by atoms with Gasteiger partial charge in [0.05, 0.1) is 11.6 Å². The Bertz CT molecular complexity index is 502. The monoisotopic (exact) mass is 277 g/mol. The molecule has 20 heavy (non-hydrogen) atoms. The van der Waals surface area contributed by atoms with Gasteiger partial charge in [0, 0.05) is 18.9 Å². The van der Waals surface area contributed by atoms with Crippen LogP contribution in [0, 0.1) is 11.8 Å². The van der Waals surface area contributed by atoms with Crippen LogP contribution in [0.15, 0.2) is 11.6 Å². The second kappa shape index (κ2) is 3.93. The molecule has 110 valence electrons. The van der Waals surface area contributed by atoms with Crippen LogP contribution >= 0.6 is 0 Å². The van der Waals surface area contributed by atoms with Crippen LogP contribution in [0.2, 0.25) is 0 Å². The third-order valence-corrected chi connectivity index (χ3v) is 6.30. The summed E-state index contributed by atoms with van der Waals surface area (Å²) >= 11 is 0. The minimum Gasteiger partial charge on any atom is -0.393 e. The second-order valence-corrected chi connectivity index (χ2v) is 7.24. The number of carbonyl (C=O) groups is 1. The summed E-state index contributed by atoms with van der Waals surface area (Å²) in [6.07, 6.45) is 5.11. The second-order valence-electron chi connectivity index (χ2n) is 7.24. The number of aliphatic hydroxyl groups is 2. The van der Waals surface area contributed by atoms with Crippen molar-refractivity contribution >= 4 is 5.78 Å². The molecule has 0 aromatic rings. The highest BCUT2D eigenvalue weighted by atomic mass is 16.3. The molecule has 0 radical (unpaired) electrons. The van der Waals surface area contributed by atoms with Gasteiger partial charge in [0.25, 0.3) is 0 Å². The van der Waals surface area contributed by atoms with Crippen LogP contribution in [0.5, 0.6) is 0 Å². The van der Waals surface area contributed by atoms with E-state index in [2.05, 4.69) is 17.9 Å². The maximum absolute atomic E-state index is 12.6. The first-order valence-electron chi connectivity index (χ1n) is 7.85. The standard InChI is InChI=1S/C16H23NO3/c1-10-7-11-8-13(19)16(20)4-2-5-17-6-3-12(18)14(11)15(16,17)9-10/h7,11-12,14,18,20H,2-6,8-9H2,1H3/t11-,12-,14-,15+,16-/m0/s1. The molecule has 0 unspecified atom stereocenters. The smallest absolute Gasteiger partial charge is 0.166 e. The van der Waals surface area contributed by atoms with Crippen molar-refractivity contribution < 1.29 is 15.0 Å². The van der Waals surface area contributed by atoms with Gasteiger partial charge < -0.3 is 10.2 Å². The molecule has 4 nitrogen and oxygen atoms in total. The molecule has 2 bridgehead atoms. The third kappa shape index (κ3) is 1.31. The number of piperidine rings is 2. The summed E-state index contributed by atoms with van der Waals surface area (Å²) < 4.78 is 0. The molecular weight excluding hydrogens is 254 g/mol. The Balaban J connectivity index is 1.95. The fraction of sp³-hybridized carbons (Fsp3) is 0.812. The SMILES string of the molecule is CC1=C[C@H]2CC(=O)[C@@]3(O)CCCN4CC[C@H](O)[C@H]2[C@@]43C1. The number of hydrogen-bond acceptors (Lipinski definition) is 4. The van der Waals surface area contributed by atoms with Crippen LogP contribution in [0.4, 0.5) is 0 Å². The van der Waals surface area contributed by atoms with Crippen LogP contribution in [-0.2, 0) is 4.79 Å². The molecule has 0 amide bonds. The number of aliphatic hydroxyl groups excluding tert-OH is 1. The first-order valence-corrected chi connectivity index (χ1v) is 7.85. The minimum absolute atomic E-state index is 0.00120. The van der Waals surface area contributed by atoms with Gasteiger partial charge in [-0.05, 0) is 45.1 Å². The number of allylic oxidation sites excluding steroid dienone is 1. The van der Waals surface area contributed by atoms with Gasteiger partial charge in [0.1, 0.15) is 5.60 Å². The van der Waals surface area contributed by atoms with E-state index < -0.39 is 17.2 Å². The predicted molar refractivity (Wildman–Crippen MR) is 74.1 cm³/mol. The van der Waals surface area contributed by atoms with Gasteiger partial charge in [0.15, 0.2) is 5.78 Å². The summed E-state index contributed by atoms with van der Waals surface area (Å²) in [7, 11) is 0. The average molecular weight is 277 g/mol. The Kier molecular flexibility index (Phi) is 2.55. The zero-order chi connectivity index (χ0) is 14.1. The normalized spacial score (nSPS) is 51.5. The van der Waals surface area contributed by atoms with E-state index >= 15 is 0 Å². The number of nitrogens with zero attached hydrogens (tertiary/aromatic N) is 1. The van der Waals surface area contributed by atoms with Crippen molar-refractivity contribution in [3.05, 3.63) is 11.6 Å². The van der Waals surface area contributed by atoms with Crippen molar-refractivity contribution in [2.24, 2.45) is 11.8 Å². The average Bonchev–Trinajstić information content (AvgIpc) is 2.38. The van der Waals surface area contributed by atoms with E-state index in [0.717, 1.165) is 32.4 Å². The van der Waals surface area contributed by atoms with Crippen LogP contribution in [0.1, 0.15) is 39.0 Å². The fourth-order valence-corrected chi connectivity index (χ4v) is 5.71. The van der Waals surface area contributed by atoms with E-state index in [1.165, 1.54) is 5.57 Å². The molecule has 4 rings (SSSR count). The Morgan fingerprint density at radius 2 is 2.20 bits per heavy atom. The van der Waals surface area contributed by atoms with E-state index in [0.29, 0.717) is 12.8 Å². The highest BCUT2D eigenvalue weighted by molar-refractivity contribution is 5.91. The summed E-state index contributed by atoms with van der Waals surface area (Å²) in [5.74, 6) is 0.122. The van der Waals surface area contributed by atoms with Gasteiger partial charge in [-0.1, -0.05) is 11.6 Å². The molecular formula is C16H23NO3. The summed E-state index contributed by atoms with van der Waals surface area (Å²) in [6, 6.07) is 0. The summed E-state index contributed by atoms with van der Waals surface area (Å²) in [5.41, 5.74) is -0.524. The van der Waals surface area contributed by atoms with Crippen LogP contribution in [0.3, 0.4) is 0 Å². The molecule has 1 spiro atoms. The molecule has 2 N–H and O–H groups in total. The molecule has 5 atom stereocenters. The minimum atomic E-state index is -1.25. The highest BCUT2D eigenvalue weighted by Gasteiger charge is 2.70. The van der Waals surface area contributed by atoms with Crippen LogP contribution in [0.25, 0.3) is 0 Å². The third-order valence-electron chi connectivity index (χ3n) is 6.30. The molecule has 2 aliphatic carbocycles. The molecule has 4 aliphatic rings. The molecule has 2 saturated heterocycles. The van der Waals surface area contributed by atoms with E-state index in [4.69, 9.17) is 0 Å². The van der Waals surface area contributed by atoms with Crippen molar-refractivity contribution in [1.29, 1.82) is 0 Å². The maximum Gasteiger partial charge on any atom is 0.166 e. The summed E-state index contributed by atoms with van der Waals surface area (Å²) in [6.45, 7) is 3.84. The predicted octanol–water partition coefficient (Wildman–Crippen LogP) is 0.872. The lowest BCUT2D eigenvalue weighted by molar-refractivity contribution is -0.230. The lowest BCUT2D eigenvalue weighted by atomic mass is 9.48. The van der Waals surface area contributed by atoms with E-state index in [1.807, 2.05) is 0 Å². The van der Waals surface area contributed by atoms with Crippen LogP contribution < -0.4 is 0 Å². The quantitative estimate of drug-likeness (QED) is 0.645. The Morgan fingerprint density at radius 1 is 1.40 bits per heavy atom. The van der Waals surface area contributed by atoms with Crippen molar-refractivity contribution in [2.75, 3.05) is 13.1 Å². The number of ketones is 1. The number of carbonyl (C=O) groups excluding carboxylic acids is 1. The summed E-state index contributed by atoms with van der Waals surface area (Å²) in [5, 5.41) is 21.8. The molecule has 0 aromatic heterocycles. The zero-order valence-electron chi connectivity index (χ0n) is 12.0. The zero-order valence-corrected chi connectivity index (χ0v) is 12.0. The van der Waals surface area contributed by atoms with E-state index in [1.54, 1.807) is 0 Å². The Labute approximate surface area is 119 Å². The van der Waals surface area contributed by atoms with Gasteiger partial charge in [-0.2, -0.15) is 0 Å². The molecule has 0 aromatic carbocycles. The first-order chi connectivity index (χ1) is 9.49. The van der Waals surface area contributed by atoms with Crippen molar-refractivity contribution in [1.82, 2.24) is 4.90 Å². The highest BCUT2D eigenvalue weighted by Crippen LogP contribution is 2.59. The van der Waals surface area contributed by atoms with E-state index in [9.17, 15) is 15.0 Å². The van der Waals surface area contributed by atoms with E-state index in [-0.39, 0.29) is 17.6 Å². The Morgan fingerprint density at radius 3 is 3.00 bits per heavy atom. The number of Topliss-reactive ketones (excluding diaryl/α,β-unsaturated/α-hetero) is 1. The van der Waals surface area contributed by atoms with Crippen molar-refractivity contribution in [2.45, 2.75) is 56.3 Å². The molecule has 1 saturated carbocycles. The van der Waals surface area contributed by atoms with Gasteiger partial charge in [0.2, 0.25) is 0 Å². The van der Waals surface area contributed by atoms with Crippen molar-refractivity contribution in [3.63, 3.8) is 0 Å². The van der Waals surface area contributed by atoms with Gasteiger partial charge >= 0.3 is 0 Å². The fourth-order valence-electron chi connectivity index (χ4n) is 5.71. The van der Waals surface area contributed by atoms with Crippen molar-refractivity contribution in [3.8, 4) is 0 Å². The topological polar surface area (TPSA) is 60.8 Å². The van der Waals surface area contributed by atoms with Gasteiger partial charge in [-0.25, -0.2) is 0 Å². The molecule has 2 heterocycles. The van der Waals surface area contributed by atoms with Gasteiger partial charge in [-0.15, -0.1) is 0 Å². The van der Waals surface area contributed by atoms with Gasteiger partial charge in [-0.3, -0.25) is 9.69 Å². The Hall–Kier alpha value is -0.710. The maximum atomic E-state index is 12.6. The lowest BCUT2D eigenvalue weighted by Crippen LogP contribution is -2.80. The molecule has 2 aliphatic heterocycles. The number of hydrogen-bond donors (Lipinski definition) is 2.